The van der Waals surface area contributed by atoms with Gasteiger partial charge in [0.2, 0.25) is 0 Å². The zero-order valence-corrected chi connectivity index (χ0v) is 16.4. The summed E-state index contributed by atoms with van der Waals surface area (Å²) in [6.45, 7) is 4.43. The zero-order chi connectivity index (χ0) is 18.5. The van der Waals surface area contributed by atoms with Gasteiger partial charge in [0, 0.05) is 20.1 Å². The number of ether oxygens (including phenoxy) is 1. The van der Waals surface area contributed by atoms with E-state index < -0.39 is 13.5 Å². The van der Waals surface area contributed by atoms with Gasteiger partial charge in [0.25, 0.3) is 5.95 Å². The van der Waals surface area contributed by atoms with Crippen molar-refractivity contribution in [2.24, 2.45) is 5.92 Å². The van der Waals surface area contributed by atoms with Crippen LogP contribution in [0.15, 0.2) is 42.1 Å². The minimum absolute atomic E-state index is 0.0984. The molecule has 140 valence electrons. The van der Waals surface area contributed by atoms with Gasteiger partial charge in [-0.2, -0.15) is 0 Å². The SMILES string of the molecule is COP(=O)(/C=C(\O)O[C@H]1CCCC[C@@H]1C(C)(C)c1ccccc1)OC. The predicted molar refractivity (Wildman–Crippen MR) is 98.6 cm³/mol. The Morgan fingerprint density at radius 2 is 1.76 bits per heavy atom. The minimum Gasteiger partial charge on any atom is -0.481 e. The normalized spacial score (nSPS) is 22.6. The zero-order valence-electron chi connectivity index (χ0n) is 15.5. The number of benzene rings is 1. The van der Waals surface area contributed by atoms with Gasteiger partial charge in [-0.1, -0.05) is 50.6 Å². The maximum absolute atomic E-state index is 12.1. The van der Waals surface area contributed by atoms with Crippen LogP contribution in [0.3, 0.4) is 0 Å². The standard InChI is InChI=1S/C19H29O5P/c1-19(2,15-10-6-5-7-11-15)16-12-8-9-13-17(16)24-18(20)14-25(21,22-3)23-4/h5-7,10-11,14,16-17,20H,8-9,12-13H2,1-4H3/b18-14+/t16-,17-/m0/s1. The minimum atomic E-state index is -3.46. The average molecular weight is 368 g/mol. The molecule has 0 spiro atoms. The highest BCUT2D eigenvalue weighted by atomic mass is 31.2. The lowest BCUT2D eigenvalue weighted by molar-refractivity contribution is -0.0397. The lowest BCUT2D eigenvalue weighted by Gasteiger charge is -2.42. The van der Waals surface area contributed by atoms with Crippen LogP contribution < -0.4 is 0 Å². The Labute approximate surface area is 150 Å². The molecule has 2 atom stereocenters. The number of rotatable bonds is 7. The molecule has 0 bridgehead atoms. The first-order valence-corrected chi connectivity index (χ1v) is 10.3. The van der Waals surface area contributed by atoms with Crippen LogP contribution in [0.4, 0.5) is 0 Å². The molecule has 0 aromatic heterocycles. The maximum atomic E-state index is 12.1. The summed E-state index contributed by atoms with van der Waals surface area (Å²) in [5, 5.41) is 10.2. The molecule has 1 aromatic rings. The van der Waals surface area contributed by atoms with Crippen molar-refractivity contribution < 1.29 is 23.5 Å². The second kappa shape index (κ2) is 8.39. The number of hydrogen-bond donors (Lipinski definition) is 1. The van der Waals surface area contributed by atoms with Crippen molar-refractivity contribution in [3.8, 4) is 0 Å². The third kappa shape index (κ3) is 4.87. The summed E-state index contributed by atoms with van der Waals surface area (Å²) in [6.07, 6.45) is 3.91. The smallest absolute Gasteiger partial charge is 0.360 e. The average Bonchev–Trinajstić information content (AvgIpc) is 2.62. The molecule has 6 heteroatoms. The van der Waals surface area contributed by atoms with Crippen molar-refractivity contribution in [3.05, 3.63) is 47.7 Å². The van der Waals surface area contributed by atoms with Gasteiger partial charge in [-0.25, -0.2) is 0 Å². The van der Waals surface area contributed by atoms with Crippen molar-refractivity contribution in [2.45, 2.75) is 51.0 Å². The van der Waals surface area contributed by atoms with E-state index in [0.29, 0.717) is 0 Å². The lowest BCUT2D eigenvalue weighted by atomic mass is 9.66. The summed E-state index contributed by atoms with van der Waals surface area (Å²) in [4.78, 5) is 0. The van der Waals surface area contributed by atoms with Crippen molar-refractivity contribution in [1.82, 2.24) is 0 Å². The van der Waals surface area contributed by atoms with Gasteiger partial charge >= 0.3 is 7.60 Å². The molecular formula is C19H29O5P. The highest BCUT2D eigenvalue weighted by Gasteiger charge is 2.40. The third-order valence-corrected chi connectivity index (χ3v) is 6.75. The number of aliphatic hydroxyl groups is 1. The van der Waals surface area contributed by atoms with E-state index >= 15 is 0 Å². The monoisotopic (exact) mass is 368 g/mol. The molecule has 0 aliphatic heterocycles. The Kier molecular flexibility index (Phi) is 6.72. The van der Waals surface area contributed by atoms with E-state index in [1.807, 2.05) is 18.2 Å². The van der Waals surface area contributed by atoms with Gasteiger partial charge in [0.15, 0.2) is 0 Å². The second-order valence-corrected chi connectivity index (χ2v) is 9.08. The largest absolute Gasteiger partial charge is 0.481 e. The number of aliphatic hydroxyl groups excluding tert-OH is 1. The van der Waals surface area contributed by atoms with E-state index in [2.05, 4.69) is 26.0 Å². The molecule has 0 heterocycles. The first kappa shape index (κ1) is 20.0. The van der Waals surface area contributed by atoms with Crippen LogP contribution in [0.25, 0.3) is 0 Å². The molecule has 2 rings (SSSR count). The molecule has 0 amide bonds. The molecule has 0 radical (unpaired) electrons. The van der Waals surface area contributed by atoms with E-state index in [9.17, 15) is 9.67 Å². The molecule has 1 N–H and O–H groups in total. The van der Waals surface area contributed by atoms with Gasteiger partial charge < -0.3 is 18.9 Å². The van der Waals surface area contributed by atoms with E-state index in [-0.39, 0.29) is 17.4 Å². The summed E-state index contributed by atoms with van der Waals surface area (Å²) < 4.78 is 27.6. The van der Waals surface area contributed by atoms with Crippen molar-refractivity contribution in [2.75, 3.05) is 14.2 Å². The molecule has 0 saturated heterocycles. The van der Waals surface area contributed by atoms with E-state index in [1.54, 1.807) is 0 Å². The lowest BCUT2D eigenvalue weighted by Crippen LogP contribution is -2.40. The molecule has 1 aliphatic rings. The van der Waals surface area contributed by atoms with Crippen LogP contribution >= 0.6 is 7.60 Å². The Morgan fingerprint density at radius 1 is 1.16 bits per heavy atom. The van der Waals surface area contributed by atoms with Crippen LogP contribution in [-0.2, 0) is 23.8 Å². The summed E-state index contributed by atoms with van der Waals surface area (Å²) in [7, 11) is -0.913. The molecule has 0 unspecified atom stereocenters. The van der Waals surface area contributed by atoms with Crippen LogP contribution in [0, 0.1) is 5.92 Å². The summed E-state index contributed by atoms with van der Waals surface area (Å²) in [5.41, 5.74) is 1.15. The molecule has 1 saturated carbocycles. The van der Waals surface area contributed by atoms with Gasteiger partial charge in [-0.3, -0.25) is 4.57 Å². The van der Waals surface area contributed by atoms with E-state index in [0.717, 1.165) is 31.5 Å². The molecule has 1 fully saturated rings. The Balaban J connectivity index is 2.21. The first-order valence-electron chi connectivity index (χ1n) is 8.67. The van der Waals surface area contributed by atoms with E-state index in [4.69, 9.17) is 13.8 Å². The molecule has 5 nitrogen and oxygen atoms in total. The van der Waals surface area contributed by atoms with Crippen molar-refractivity contribution in [3.63, 3.8) is 0 Å². The van der Waals surface area contributed by atoms with Crippen molar-refractivity contribution in [1.29, 1.82) is 0 Å². The summed E-state index contributed by atoms with van der Waals surface area (Å²) >= 11 is 0. The molecular weight excluding hydrogens is 339 g/mol. The fourth-order valence-corrected chi connectivity index (χ4v) is 4.34. The second-order valence-electron chi connectivity index (χ2n) is 7.01. The van der Waals surface area contributed by atoms with Crippen LogP contribution in [0.5, 0.6) is 0 Å². The molecule has 1 aromatic carbocycles. The molecule has 1 aliphatic carbocycles. The van der Waals surface area contributed by atoms with Gasteiger partial charge in [-0.05, 0) is 30.2 Å². The van der Waals surface area contributed by atoms with Crippen molar-refractivity contribution >= 4 is 7.60 Å². The first-order chi connectivity index (χ1) is 11.8. The predicted octanol–water partition coefficient (Wildman–Crippen LogP) is 5.38. The topological polar surface area (TPSA) is 65.0 Å². The molecule has 25 heavy (non-hydrogen) atoms. The fourth-order valence-electron chi connectivity index (χ4n) is 3.65. The highest BCUT2D eigenvalue weighted by molar-refractivity contribution is 7.57. The van der Waals surface area contributed by atoms with Crippen LogP contribution in [-0.4, -0.2) is 25.4 Å². The fraction of sp³-hybridized carbons (Fsp3) is 0.579. The number of hydrogen-bond acceptors (Lipinski definition) is 5. The van der Waals surface area contributed by atoms with Crippen LogP contribution in [0.1, 0.15) is 45.1 Å². The summed E-state index contributed by atoms with van der Waals surface area (Å²) in [5.74, 6) is 0.880. The third-order valence-electron chi connectivity index (χ3n) is 5.20. The van der Waals surface area contributed by atoms with Gasteiger partial charge in [0.1, 0.15) is 11.9 Å². The quantitative estimate of drug-likeness (QED) is 0.517. The Morgan fingerprint density at radius 3 is 2.36 bits per heavy atom. The Bertz CT molecular complexity index is 618. The van der Waals surface area contributed by atoms with Crippen LogP contribution in [0.2, 0.25) is 0 Å². The van der Waals surface area contributed by atoms with Gasteiger partial charge in [0.05, 0.1) is 0 Å². The maximum Gasteiger partial charge on any atom is 0.360 e. The van der Waals surface area contributed by atoms with Gasteiger partial charge in [-0.15, -0.1) is 0 Å². The Hall–Kier alpha value is -1.29. The summed E-state index contributed by atoms with van der Waals surface area (Å²) in [6, 6.07) is 10.4. The highest BCUT2D eigenvalue weighted by Crippen LogP contribution is 2.49. The van der Waals surface area contributed by atoms with E-state index in [1.165, 1.54) is 19.8 Å².